The Kier molecular flexibility index (Phi) is 4.86. The molecule has 1 aromatic heterocycles. The van der Waals surface area contributed by atoms with Crippen LogP contribution in [-0.4, -0.2) is 89.3 Å². The van der Waals surface area contributed by atoms with Gasteiger partial charge in [0.25, 0.3) is 0 Å². The van der Waals surface area contributed by atoms with E-state index in [2.05, 4.69) is 9.97 Å². The average Bonchev–Trinajstić information content (AvgIpc) is 3.30. The molecule has 0 aliphatic carbocycles. The van der Waals surface area contributed by atoms with E-state index in [1.54, 1.807) is 18.3 Å². The van der Waals surface area contributed by atoms with Crippen molar-refractivity contribution in [2.75, 3.05) is 46.9 Å². The fraction of sp³-hybridized carbons (Fsp3) is 0.684. The summed E-state index contributed by atoms with van der Waals surface area (Å²) in [5.74, 6) is -0.235. The Hall–Kier alpha value is -2.42. The number of hydrogen-bond donors (Lipinski definition) is 1. The maximum Gasteiger partial charge on any atom is 0.249 e. The van der Waals surface area contributed by atoms with E-state index in [0.29, 0.717) is 45.4 Å². The van der Waals surface area contributed by atoms with Crippen molar-refractivity contribution in [3.63, 3.8) is 0 Å². The first kappa shape index (κ1) is 18.9. The fourth-order valence-corrected chi connectivity index (χ4v) is 4.93. The summed E-state index contributed by atoms with van der Waals surface area (Å²) in [5, 5.41) is 0. The van der Waals surface area contributed by atoms with Crippen molar-refractivity contribution in [2.24, 2.45) is 5.92 Å². The molecule has 1 atom stereocenters. The number of aromatic amines is 1. The van der Waals surface area contributed by atoms with E-state index in [9.17, 15) is 14.4 Å². The van der Waals surface area contributed by atoms with Gasteiger partial charge >= 0.3 is 0 Å². The van der Waals surface area contributed by atoms with Gasteiger partial charge in [-0.3, -0.25) is 14.4 Å². The van der Waals surface area contributed by atoms with Crippen molar-refractivity contribution in [3.05, 3.63) is 17.7 Å². The summed E-state index contributed by atoms with van der Waals surface area (Å²) in [6, 6.07) is 0. The minimum atomic E-state index is -0.498. The summed E-state index contributed by atoms with van der Waals surface area (Å²) in [7, 11) is 3.26. The molecule has 3 aliphatic rings. The smallest absolute Gasteiger partial charge is 0.249 e. The van der Waals surface area contributed by atoms with Crippen LogP contribution in [0.4, 0.5) is 0 Å². The third-order valence-corrected chi connectivity index (χ3v) is 6.42. The van der Waals surface area contributed by atoms with E-state index >= 15 is 0 Å². The van der Waals surface area contributed by atoms with E-state index in [-0.39, 0.29) is 30.2 Å². The second kappa shape index (κ2) is 7.20. The lowest BCUT2D eigenvalue weighted by Gasteiger charge is -2.50. The van der Waals surface area contributed by atoms with Crippen molar-refractivity contribution < 1.29 is 19.1 Å². The van der Waals surface area contributed by atoms with Crippen LogP contribution in [0.1, 0.15) is 30.7 Å². The standard InChI is InChI=1S/C19H27N5O4/c1-22-10-13(9-15(22)25)18(27)23-7-4-19(5-8-23)17-14(20-12-21-17)3-6-24(19)16(26)11-28-2/h12-13H,3-11H2,1-2H3,(H,20,21). The number of methoxy groups -OCH3 is 1. The van der Waals surface area contributed by atoms with Gasteiger partial charge in [-0.25, -0.2) is 4.98 Å². The molecule has 1 aromatic rings. The van der Waals surface area contributed by atoms with Crippen LogP contribution in [0, 0.1) is 5.92 Å². The van der Waals surface area contributed by atoms with Gasteiger partial charge in [-0.05, 0) is 12.8 Å². The maximum atomic E-state index is 12.9. The Balaban J connectivity index is 1.53. The minimum absolute atomic E-state index is 0.0246. The highest BCUT2D eigenvalue weighted by Gasteiger charge is 2.49. The van der Waals surface area contributed by atoms with E-state index in [4.69, 9.17) is 4.74 Å². The third kappa shape index (κ3) is 2.97. The SMILES string of the molecule is COCC(=O)N1CCc2[nH]cnc2C12CCN(C(=O)C1CC(=O)N(C)C1)CC2. The predicted molar refractivity (Wildman–Crippen MR) is 99.1 cm³/mol. The van der Waals surface area contributed by atoms with E-state index in [1.165, 1.54) is 7.11 Å². The summed E-state index contributed by atoms with van der Waals surface area (Å²) in [6.07, 6.45) is 4.00. The zero-order valence-electron chi connectivity index (χ0n) is 16.4. The maximum absolute atomic E-state index is 12.9. The van der Waals surface area contributed by atoms with E-state index in [1.807, 2.05) is 9.80 Å². The van der Waals surface area contributed by atoms with E-state index in [0.717, 1.165) is 17.8 Å². The van der Waals surface area contributed by atoms with Gasteiger partial charge in [-0.2, -0.15) is 0 Å². The number of carbonyl (C=O) groups is 3. The molecule has 152 valence electrons. The van der Waals surface area contributed by atoms with Gasteiger partial charge in [-0.1, -0.05) is 0 Å². The zero-order valence-corrected chi connectivity index (χ0v) is 16.4. The topological polar surface area (TPSA) is 98.8 Å². The molecule has 9 nitrogen and oxygen atoms in total. The molecule has 1 N–H and O–H groups in total. The third-order valence-electron chi connectivity index (χ3n) is 6.42. The normalized spacial score (nSPS) is 24.0. The molecule has 9 heteroatoms. The quantitative estimate of drug-likeness (QED) is 0.768. The van der Waals surface area contributed by atoms with Gasteiger partial charge in [-0.15, -0.1) is 0 Å². The summed E-state index contributed by atoms with van der Waals surface area (Å²) in [4.78, 5) is 50.6. The molecule has 28 heavy (non-hydrogen) atoms. The number of hydrogen-bond acceptors (Lipinski definition) is 5. The number of imidazole rings is 1. The van der Waals surface area contributed by atoms with Crippen LogP contribution >= 0.6 is 0 Å². The van der Waals surface area contributed by atoms with Gasteiger partial charge in [0.15, 0.2) is 0 Å². The number of amides is 3. The number of likely N-dealkylation sites (tertiary alicyclic amines) is 2. The van der Waals surface area contributed by atoms with Crippen molar-refractivity contribution in [1.29, 1.82) is 0 Å². The Morgan fingerprint density at radius 3 is 2.71 bits per heavy atom. The summed E-state index contributed by atoms with van der Waals surface area (Å²) in [5.41, 5.74) is 1.50. The zero-order chi connectivity index (χ0) is 19.9. The molecule has 0 radical (unpaired) electrons. The van der Waals surface area contributed by atoms with Crippen LogP contribution < -0.4 is 0 Å². The van der Waals surface area contributed by atoms with Gasteiger partial charge < -0.3 is 24.4 Å². The Morgan fingerprint density at radius 2 is 2.07 bits per heavy atom. The summed E-state index contributed by atoms with van der Waals surface area (Å²) < 4.78 is 5.09. The lowest BCUT2D eigenvalue weighted by Crippen LogP contribution is -2.60. The molecule has 1 unspecified atom stereocenters. The van der Waals surface area contributed by atoms with Crippen LogP contribution in [0.3, 0.4) is 0 Å². The molecular weight excluding hydrogens is 362 g/mol. The Bertz CT molecular complexity index is 783. The number of H-pyrrole nitrogens is 1. The van der Waals surface area contributed by atoms with Crippen LogP contribution in [-0.2, 0) is 31.1 Å². The fourth-order valence-electron chi connectivity index (χ4n) is 4.93. The monoisotopic (exact) mass is 389 g/mol. The number of rotatable bonds is 3. The molecule has 0 aromatic carbocycles. The lowest BCUT2D eigenvalue weighted by atomic mass is 9.78. The molecule has 3 aliphatic heterocycles. The number of piperidine rings is 1. The number of nitrogens with zero attached hydrogens (tertiary/aromatic N) is 4. The Labute approximate surface area is 164 Å². The number of ether oxygens (including phenoxy) is 1. The largest absolute Gasteiger partial charge is 0.375 e. The highest BCUT2D eigenvalue weighted by Crippen LogP contribution is 2.42. The number of nitrogens with one attached hydrogen (secondary N) is 1. The molecule has 4 heterocycles. The summed E-state index contributed by atoms with van der Waals surface area (Å²) in [6.45, 7) is 2.25. The first-order valence-electron chi connectivity index (χ1n) is 9.81. The van der Waals surface area contributed by atoms with Gasteiger partial charge in [0.2, 0.25) is 17.7 Å². The van der Waals surface area contributed by atoms with Gasteiger partial charge in [0.1, 0.15) is 6.61 Å². The number of fused-ring (bicyclic) bond motifs is 2. The Morgan fingerprint density at radius 1 is 1.32 bits per heavy atom. The van der Waals surface area contributed by atoms with Crippen molar-refractivity contribution in [3.8, 4) is 0 Å². The first-order valence-corrected chi connectivity index (χ1v) is 9.81. The van der Waals surface area contributed by atoms with Crippen LogP contribution in [0.2, 0.25) is 0 Å². The van der Waals surface area contributed by atoms with Crippen LogP contribution in [0.25, 0.3) is 0 Å². The van der Waals surface area contributed by atoms with Gasteiger partial charge in [0, 0.05) is 58.9 Å². The molecule has 2 saturated heterocycles. The average molecular weight is 389 g/mol. The first-order chi connectivity index (χ1) is 13.5. The number of aromatic nitrogens is 2. The number of carbonyl (C=O) groups excluding carboxylic acids is 3. The minimum Gasteiger partial charge on any atom is -0.375 e. The molecule has 1 spiro atoms. The van der Waals surface area contributed by atoms with Crippen molar-refractivity contribution in [2.45, 2.75) is 31.2 Å². The molecule has 3 amide bonds. The van der Waals surface area contributed by atoms with E-state index < -0.39 is 5.54 Å². The molecule has 4 rings (SSSR count). The molecule has 0 bridgehead atoms. The molecule has 0 saturated carbocycles. The predicted octanol–water partition coefficient (Wildman–Crippen LogP) is -0.263. The second-order valence-electron chi connectivity index (χ2n) is 7.99. The molecule has 2 fully saturated rings. The lowest BCUT2D eigenvalue weighted by molar-refractivity contribution is -0.148. The summed E-state index contributed by atoms with van der Waals surface area (Å²) >= 11 is 0. The highest BCUT2D eigenvalue weighted by atomic mass is 16.5. The van der Waals surface area contributed by atoms with Crippen LogP contribution in [0.5, 0.6) is 0 Å². The van der Waals surface area contributed by atoms with Crippen LogP contribution in [0.15, 0.2) is 6.33 Å². The molecular formula is C19H27N5O4. The van der Waals surface area contributed by atoms with Gasteiger partial charge in [0.05, 0.1) is 23.5 Å². The highest BCUT2D eigenvalue weighted by molar-refractivity contribution is 5.89. The second-order valence-corrected chi connectivity index (χ2v) is 7.99. The van der Waals surface area contributed by atoms with Crippen molar-refractivity contribution >= 4 is 17.7 Å². The van der Waals surface area contributed by atoms with Crippen molar-refractivity contribution in [1.82, 2.24) is 24.7 Å².